The first kappa shape index (κ1) is 25.0. The molecule has 5 rings (SSSR count). The fraction of sp³-hybridized carbons (Fsp3) is 0.0645. The third-order valence-corrected chi connectivity index (χ3v) is 7.81. The molecule has 0 fully saturated rings. The molecule has 38 heavy (non-hydrogen) atoms. The molecule has 0 aromatic heterocycles. The lowest BCUT2D eigenvalue weighted by molar-refractivity contribution is -0.119. The summed E-state index contributed by atoms with van der Waals surface area (Å²) < 4.78 is 34.1. The van der Waals surface area contributed by atoms with Crippen molar-refractivity contribution in [3.8, 4) is 11.5 Å². The summed E-state index contributed by atoms with van der Waals surface area (Å²) in [6.45, 7) is -0.0869. The van der Waals surface area contributed by atoms with Crippen LogP contribution in [0.1, 0.15) is 5.56 Å². The van der Waals surface area contributed by atoms with Gasteiger partial charge in [0.1, 0.15) is 18.0 Å². The van der Waals surface area contributed by atoms with Crippen molar-refractivity contribution >= 4 is 32.4 Å². The maximum atomic E-state index is 13.6. The highest BCUT2D eigenvalue weighted by Gasteiger charge is 2.27. The van der Waals surface area contributed by atoms with E-state index < -0.39 is 15.9 Å². The van der Waals surface area contributed by atoms with Gasteiger partial charge in [0.2, 0.25) is 5.91 Å². The van der Waals surface area contributed by atoms with Crippen molar-refractivity contribution < 1.29 is 17.9 Å². The second-order valence-electron chi connectivity index (χ2n) is 8.69. The molecule has 6 nitrogen and oxygen atoms in total. The third-order valence-electron chi connectivity index (χ3n) is 6.03. The molecule has 1 N–H and O–H groups in total. The van der Waals surface area contributed by atoms with Crippen LogP contribution in [0.4, 0.5) is 5.69 Å². The molecule has 0 atom stereocenters. The number of sulfonamides is 1. The molecule has 0 radical (unpaired) electrons. The number of ether oxygens (including phenoxy) is 1. The van der Waals surface area contributed by atoms with E-state index in [-0.39, 0.29) is 18.0 Å². The predicted molar refractivity (Wildman–Crippen MR) is 150 cm³/mol. The molecule has 0 aliphatic heterocycles. The fourth-order valence-corrected chi connectivity index (χ4v) is 5.52. The summed E-state index contributed by atoms with van der Waals surface area (Å²) in [6.07, 6.45) is 0. The van der Waals surface area contributed by atoms with Crippen LogP contribution in [0.3, 0.4) is 0 Å². The van der Waals surface area contributed by atoms with Crippen LogP contribution in [0.2, 0.25) is 0 Å². The monoisotopic (exact) mass is 522 g/mol. The molecule has 0 spiro atoms. The first-order valence-corrected chi connectivity index (χ1v) is 13.6. The highest BCUT2D eigenvalue weighted by molar-refractivity contribution is 7.92. The van der Waals surface area contributed by atoms with Crippen LogP contribution >= 0.6 is 0 Å². The van der Waals surface area contributed by atoms with E-state index in [2.05, 4.69) is 5.32 Å². The maximum absolute atomic E-state index is 13.6. The molecule has 0 saturated carbocycles. The summed E-state index contributed by atoms with van der Waals surface area (Å²) in [5, 5.41) is 5.05. The van der Waals surface area contributed by atoms with Gasteiger partial charge in [0.05, 0.1) is 10.6 Å². The number of nitrogens with one attached hydrogen (secondary N) is 1. The van der Waals surface area contributed by atoms with Crippen molar-refractivity contribution in [3.63, 3.8) is 0 Å². The van der Waals surface area contributed by atoms with Gasteiger partial charge >= 0.3 is 0 Å². The Morgan fingerprint density at radius 3 is 2.00 bits per heavy atom. The van der Waals surface area contributed by atoms with Crippen molar-refractivity contribution in [2.45, 2.75) is 11.4 Å². The van der Waals surface area contributed by atoms with Crippen molar-refractivity contribution in [2.24, 2.45) is 0 Å². The zero-order chi connectivity index (χ0) is 26.4. The van der Waals surface area contributed by atoms with Crippen molar-refractivity contribution in [2.75, 3.05) is 10.8 Å². The minimum Gasteiger partial charge on any atom is -0.457 e. The number of hydrogen-bond donors (Lipinski definition) is 1. The maximum Gasteiger partial charge on any atom is 0.264 e. The van der Waals surface area contributed by atoms with Crippen molar-refractivity contribution in [1.82, 2.24) is 5.32 Å². The van der Waals surface area contributed by atoms with E-state index in [1.807, 2.05) is 72.8 Å². The number of fused-ring (bicyclic) bond motifs is 1. The highest BCUT2D eigenvalue weighted by atomic mass is 32.2. The van der Waals surface area contributed by atoms with Gasteiger partial charge in [0, 0.05) is 6.54 Å². The normalized spacial score (nSPS) is 11.2. The lowest BCUT2D eigenvalue weighted by Gasteiger charge is -2.24. The number of hydrogen-bond acceptors (Lipinski definition) is 4. The summed E-state index contributed by atoms with van der Waals surface area (Å²) in [7, 11) is -4.00. The smallest absolute Gasteiger partial charge is 0.264 e. The summed E-state index contributed by atoms with van der Waals surface area (Å²) in [5.74, 6) is 0.808. The molecule has 0 heterocycles. The van der Waals surface area contributed by atoms with Gasteiger partial charge in [-0.3, -0.25) is 9.10 Å². The first-order chi connectivity index (χ1) is 18.5. The Hall–Kier alpha value is -4.62. The van der Waals surface area contributed by atoms with Crippen molar-refractivity contribution in [1.29, 1.82) is 0 Å². The van der Waals surface area contributed by atoms with Gasteiger partial charge in [0.15, 0.2) is 0 Å². The van der Waals surface area contributed by atoms with E-state index >= 15 is 0 Å². The summed E-state index contributed by atoms with van der Waals surface area (Å²) >= 11 is 0. The molecule has 7 heteroatoms. The van der Waals surface area contributed by atoms with Crippen LogP contribution < -0.4 is 14.4 Å². The average Bonchev–Trinajstić information content (AvgIpc) is 2.96. The lowest BCUT2D eigenvalue weighted by Crippen LogP contribution is -2.40. The Bertz CT molecular complexity index is 1640. The van der Waals surface area contributed by atoms with E-state index in [9.17, 15) is 13.2 Å². The Labute approximate surface area is 222 Å². The minimum atomic E-state index is -4.00. The van der Waals surface area contributed by atoms with Crippen LogP contribution in [0.25, 0.3) is 10.8 Å². The Morgan fingerprint density at radius 2 is 1.29 bits per heavy atom. The van der Waals surface area contributed by atoms with Crippen LogP contribution in [0.15, 0.2) is 132 Å². The minimum absolute atomic E-state index is 0.104. The zero-order valence-corrected chi connectivity index (χ0v) is 21.3. The van der Waals surface area contributed by atoms with Crippen LogP contribution in [0, 0.1) is 0 Å². The molecular formula is C31H26N2O4S. The fourth-order valence-electron chi connectivity index (χ4n) is 4.08. The standard InChI is InChI=1S/C31H26N2O4S/c34-31(32-22-24-15-16-25-9-7-8-10-26(25)21-24)23-33(38(35,36)30-13-5-2-6-14-30)27-17-19-29(20-18-27)37-28-11-3-1-4-12-28/h1-21H,22-23H2,(H,32,34). The molecule has 1 amide bonds. The van der Waals surface area contributed by atoms with E-state index in [1.165, 1.54) is 12.1 Å². The first-order valence-electron chi connectivity index (χ1n) is 12.1. The number of carbonyl (C=O) groups excluding carboxylic acids is 1. The predicted octanol–water partition coefficient (Wildman–Crippen LogP) is 6.14. The number of rotatable bonds is 9. The quantitative estimate of drug-likeness (QED) is 0.252. The molecule has 0 saturated heterocycles. The Balaban J connectivity index is 1.36. The van der Waals surface area contributed by atoms with Gasteiger partial charge in [-0.1, -0.05) is 72.8 Å². The number of para-hydroxylation sites is 1. The van der Waals surface area contributed by atoms with Gasteiger partial charge in [-0.25, -0.2) is 8.42 Å². The van der Waals surface area contributed by atoms with E-state index in [1.54, 1.807) is 42.5 Å². The second kappa shape index (κ2) is 11.2. The van der Waals surface area contributed by atoms with E-state index in [0.717, 1.165) is 20.6 Å². The van der Waals surface area contributed by atoms with Crippen LogP contribution in [-0.2, 0) is 21.4 Å². The zero-order valence-electron chi connectivity index (χ0n) is 20.5. The summed E-state index contributed by atoms with van der Waals surface area (Å²) in [5.41, 5.74) is 1.28. The van der Waals surface area contributed by atoms with Crippen LogP contribution in [-0.4, -0.2) is 20.9 Å². The van der Waals surface area contributed by atoms with Crippen molar-refractivity contribution in [3.05, 3.63) is 133 Å². The second-order valence-corrected chi connectivity index (χ2v) is 10.6. The molecular weight excluding hydrogens is 496 g/mol. The average molecular weight is 523 g/mol. The molecule has 0 unspecified atom stereocenters. The number of nitrogens with zero attached hydrogens (tertiary/aromatic N) is 1. The van der Waals surface area contributed by atoms with Gasteiger partial charge in [0.25, 0.3) is 10.0 Å². The molecule has 0 aliphatic rings. The van der Waals surface area contributed by atoms with E-state index in [4.69, 9.17) is 4.74 Å². The van der Waals surface area contributed by atoms with Gasteiger partial charge in [-0.2, -0.15) is 0 Å². The van der Waals surface area contributed by atoms with Gasteiger partial charge < -0.3 is 10.1 Å². The molecule has 0 bridgehead atoms. The molecule has 190 valence electrons. The Morgan fingerprint density at radius 1 is 0.684 bits per heavy atom. The van der Waals surface area contributed by atoms with Gasteiger partial charge in [-0.15, -0.1) is 0 Å². The lowest BCUT2D eigenvalue weighted by atomic mass is 10.1. The van der Waals surface area contributed by atoms with Gasteiger partial charge in [-0.05, 0) is 70.9 Å². The molecule has 5 aromatic rings. The highest BCUT2D eigenvalue weighted by Crippen LogP contribution is 2.28. The summed E-state index contributed by atoms with van der Waals surface area (Å²) in [4.78, 5) is 13.1. The van der Waals surface area contributed by atoms with Crippen LogP contribution in [0.5, 0.6) is 11.5 Å². The summed E-state index contributed by atoms with van der Waals surface area (Å²) in [6, 6.07) is 38.0. The topological polar surface area (TPSA) is 75.7 Å². The number of carbonyl (C=O) groups is 1. The Kier molecular flexibility index (Phi) is 7.38. The number of benzene rings is 5. The SMILES string of the molecule is O=C(CN(c1ccc(Oc2ccccc2)cc1)S(=O)(=O)c1ccccc1)NCc1ccc2ccccc2c1. The number of amides is 1. The van der Waals surface area contributed by atoms with E-state index in [0.29, 0.717) is 17.2 Å². The molecule has 5 aromatic carbocycles. The molecule has 0 aliphatic carbocycles. The third kappa shape index (κ3) is 5.85. The number of anilines is 1. The largest absolute Gasteiger partial charge is 0.457 e.